The Balaban J connectivity index is 0.862. The van der Waals surface area contributed by atoms with Gasteiger partial charge >= 0.3 is 18.2 Å². The number of esters is 1. The summed E-state index contributed by atoms with van der Waals surface area (Å²) in [6, 6.07) is 55.1. The number of imidazole rings is 1. The van der Waals surface area contributed by atoms with Crippen molar-refractivity contribution in [2.45, 2.75) is 74.6 Å². The smallest absolute Gasteiger partial charge is 0.497 e. The van der Waals surface area contributed by atoms with Crippen molar-refractivity contribution < 1.29 is 62.1 Å². The summed E-state index contributed by atoms with van der Waals surface area (Å²) < 4.78 is 51.8. The van der Waals surface area contributed by atoms with E-state index in [-0.39, 0.29) is 92.5 Å². The number of nitrogens with zero attached hydrogens (tertiary/aromatic N) is 6. The third kappa shape index (κ3) is 14.0. The molecular formula is C68H63N7O15. The van der Waals surface area contributed by atoms with Gasteiger partial charge < -0.3 is 37.9 Å². The summed E-state index contributed by atoms with van der Waals surface area (Å²) in [5.74, 6) is 0.235. The summed E-state index contributed by atoms with van der Waals surface area (Å²) in [5, 5.41) is 25.1. The number of carbonyl (C=O) groups is 3. The number of rotatable bonds is 27. The molecular weight excluding hydrogens is 1150 g/mol. The Morgan fingerprint density at radius 3 is 1.79 bits per heavy atom. The number of nitro benzene ring substituents is 2. The van der Waals surface area contributed by atoms with Gasteiger partial charge in [0, 0.05) is 56.1 Å². The van der Waals surface area contributed by atoms with Crippen LogP contribution in [0, 0.1) is 20.2 Å². The first kappa shape index (κ1) is 61.2. The number of non-ortho nitro benzene ring substituents is 2. The lowest BCUT2D eigenvalue weighted by molar-refractivity contribution is -0.385. The van der Waals surface area contributed by atoms with Crippen LogP contribution >= 0.6 is 0 Å². The van der Waals surface area contributed by atoms with Crippen LogP contribution in [-0.2, 0) is 56.4 Å². The number of hydrogen-bond donors (Lipinski definition) is 1. The second kappa shape index (κ2) is 28.6. The molecule has 22 nitrogen and oxygen atoms in total. The number of unbranched alkanes of at least 4 members (excludes halogenated alkanes) is 2. The van der Waals surface area contributed by atoms with E-state index < -0.39 is 52.2 Å². The Bertz CT molecular complexity index is 3860. The summed E-state index contributed by atoms with van der Waals surface area (Å²) >= 11 is 0. The number of anilines is 1. The number of benzene rings is 7. The first-order chi connectivity index (χ1) is 44.0. The third-order valence-electron chi connectivity index (χ3n) is 15.9. The molecule has 1 amide bonds. The summed E-state index contributed by atoms with van der Waals surface area (Å²) in [7, 11) is 1.59. The van der Waals surface area contributed by atoms with E-state index in [2.05, 4.69) is 44.5 Å². The largest absolute Gasteiger partial charge is 0.508 e. The van der Waals surface area contributed by atoms with Gasteiger partial charge in [-0.05, 0) is 75.0 Å². The van der Waals surface area contributed by atoms with E-state index in [0.29, 0.717) is 36.1 Å². The van der Waals surface area contributed by atoms with E-state index in [9.17, 15) is 34.6 Å². The number of carbonyl (C=O) groups excluding carboxylic acids is 3. The highest BCUT2D eigenvalue weighted by atomic mass is 16.7. The molecule has 0 spiro atoms. The normalized spacial score (nSPS) is 16.0. The van der Waals surface area contributed by atoms with Crippen LogP contribution in [0.25, 0.3) is 22.3 Å². The Morgan fingerprint density at radius 1 is 0.611 bits per heavy atom. The predicted molar refractivity (Wildman–Crippen MR) is 329 cm³/mol. The van der Waals surface area contributed by atoms with Crippen LogP contribution in [-0.4, -0.2) is 106 Å². The quantitative estimate of drug-likeness (QED) is 0.0125. The van der Waals surface area contributed by atoms with E-state index in [0.717, 1.165) is 38.9 Å². The van der Waals surface area contributed by atoms with Crippen molar-refractivity contribution in [3.05, 3.63) is 254 Å². The summed E-state index contributed by atoms with van der Waals surface area (Å²) in [4.78, 5) is 75.7. The average Bonchev–Trinajstić information content (AvgIpc) is 1.33. The van der Waals surface area contributed by atoms with Gasteiger partial charge in [-0.2, -0.15) is 0 Å². The second-order valence-corrected chi connectivity index (χ2v) is 21.4. The number of methoxy groups -OCH3 is 1. The minimum Gasteiger partial charge on any atom is -0.497 e. The molecule has 1 saturated heterocycles. The van der Waals surface area contributed by atoms with Gasteiger partial charge in [0.25, 0.3) is 11.4 Å². The van der Waals surface area contributed by atoms with E-state index in [1.165, 1.54) is 41.5 Å². The van der Waals surface area contributed by atoms with E-state index in [1.54, 1.807) is 31.4 Å². The van der Waals surface area contributed by atoms with Crippen molar-refractivity contribution in [3.63, 3.8) is 0 Å². The van der Waals surface area contributed by atoms with Gasteiger partial charge in [-0.25, -0.2) is 24.5 Å². The topological polar surface area (TPSA) is 267 Å². The highest BCUT2D eigenvalue weighted by Crippen LogP contribution is 2.46. The lowest BCUT2D eigenvalue weighted by Crippen LogP contribution is -2.42. The molecule has 0 bridgehead atoms. The third-order valence-corrected chi connectivity index (χ3v) is 15.9. The summed E-state index contributed by atoms with van der Waals surface area (Å²) in [6.45, 7) is -0.0642. The first-order valence-corrected chi connectivity index (χ1v) is 29.4. The SMILES string of the molecule is COc1ccc(C(OC[C@H]2O[C@@H](n3cnc4c(NC(=O)OCCc5ccc([N+](=O)[O-])cc5)ncnc43)[C@H](OC(=O)OCCc3ccc([N+](=O)[O-])cc3)[C@@H]2OCCCCCC(=O)OCC2c3ccccc3-c3ccccc32)(c2ccccc2)c2ccccc2)cc1. The van der Waals surface area contributed by atoms with Crippen LogP contribution in [0.1, 0.15) is 76.8 Å². The zero-order valence-corrected chi connectivity index (χ0v) is 48.9. The van der Waals surface area contributed by atoms with Crippen molar-refractivity contribution in [1.82, 2.24) is 19.5 Å². The number of nitrogens with one attached hydrogen (secondary N) is 1. The lowest BCUT2D eigenvalue weighted by Gasteiger charge is -2.37. The molecule has 22 heteroatoms. The van der Waals surface area contributed by atoms with Crippen molar-refractivity contribution in [2.24, 2.45) is 0 Å². The molecule has 0 saturated carbocycles. The molecule has 2 aliphatic rings. The fourth-order valence-electron chi connectivity index (χ4n) is 11.5. The molecule has 1 fully saturated rings. The van der Waals surface area contributed by atoms with E-state index >= 15 is 0 Å². The van der Waals surface area contributed by atoms with Gasteiger partial charge in [0.05, 0.1) is 43.1 Å². The summed E-state index contributed by atoms with van der Waals surface area (Å²) in [6.07, 6.45) is -1.76. The van der Waals surface area contributed by atoms with Gasteiger partial charge in [0.2, 0.25) is 0 Å². The molecule has 4 atom stereocenters. The predicted octanol–water partition coefficient (Wildman–Crippen LogP) is 12.4. The van der Waals surface area contributed by atoms with E-state index in [4.69, 9.17) is 37.9 Å². The van der Waals surface area contributed by atoms with E-state index in [1.807, 2.05) is 109 Å². The maximum absolute atomic E-state index is 14.2. The van der Waals surface area contributed by atoms with Crippen LogP contribution in [0.4, 0.5) is 26.8 Å². The first-order valence-electron chi connectivity index (χ1n) is 29.4. The van der Waals surface area contributed by atoms with Crippen molar-refractivity contribution in [1.29, 1.82) is 0 Å². The van der Waals surface area contributed by atoms with Crippen molar-refractivity contribution in [2.75, 3.05) is 45.5 Å². The van der Waals surface area contributed by atoms with Crippen LogP contribution in [0.2, 0.25) is 0 Å². The zero-order valence-electron chi connectivity index (χ0n) is 48.9. The van der Waals surface area contributed by atoms with Crippen LogP contribution in [0.3, 0.4) is 0 Å². The Morgan fingerprint density at radius 2 is 1.19 bits per heavy atom. The van der Waals surface area contributed by atoms with Gasteiger partial charge in [-0.15, -0.1) is 0 Å². The highest BCUT2D eigenvalue weighted by Gasteiger charge is 2.51. The molecule has 90 heavy (non-hydrogen) atoms. The number of nitro groups is 2. The number of ether oxygens (including phenoxy) is 8. The second-order valence-electron chi connectivity index (χ2n) is 21.4. The molecule has 460 valence electrons. The van der Waals surface area contributed by atoms with Gasteiger partial charge in [-0.1, -0.05) is 152 Å². The average molecular weight is 1220 g/mol. The molecule has 7 aromatic carbocycles. The molecule has 0 radical (unpaired) electrons. The highest BCUT2D eigenvalue weighted by molar-refractivity contribution is 5.93. The van der Waals surface area contributed by atoms with Crippen LogP contribution in [0.15, 0.2) is 195 Å². The number of amides is 1. The minimum atomic E-state index is -1.30. The van der Waals surface area contributed by atoms with Crippen molar-refractivity contribution >= 4 is 46.6 Å². The molecule has 9 aromatic rings. The maximum Gasteiger partial charge on any atom is 0.508 e. The molecule has 2 aromatic heterocycles. The number of aromatic nitrogens is 4. The minimum absolute atomic E-state index is 0.0130. The monoisotopic (exact) mass is 1220 g/mol. The fraction of sp³-hybridized carbons (Fsp3) is 0.265. The molecule has 0 unspecified atom stereocenters. The van der Waals surface area contributed by atoms with Crippen LogP contribution < -0.4 is 10.1 Å². The zero-order chi connectivity index (χ0) is 62.4. The van der Waals surface area contributed by atoms with Crippen LogP contribution in [0.5, 0.6) is 5.75 Å². The molecule has 1 aliphatic carbocycles. The maximum atomic E-state index is 14.2. The number of hydrogen-bond acceptors (Lipinski definition) is 18. The fourth-order valence-corrected chi connectivity index (χ4v) is 11.5. The molecule has 1 N–H and O–H groups in total. The summed E-state index contributed by atoms with van der Waals surface area (Å²) in [5.41, 5.74) is 7.10. The van der Waals surface area contributed by atoms with Gasteiger partial charge in [0.15, 0.2) is 29.3 Å². The van der Waals surface area contributed by atoms with Gasteiger partial charge in [0.1, 0.15) is 36.5 Å². The number of fused-ring (bicyclic) bond motifs is 4. The Hall–Kier alpha value is -10.4. The lowest BCUT2D eigenvalue weighted by atomic mass is 9.80. The molecule has 1 aliphatic heterocycles. The Kier molecular flexibility index (Phi) is 19.5. The molecule has 3 heterocycles. The molecule has 11 rings (SSSR count). The van der Waals surface area contributed by atoms with Gasteiger partial charge in [-0.3, -0.25) is 34.9 Å². The standard InChI is InChI=1S/C68H63N7O15/c1-83-52-34-28-49(29-35-52)68(47-15-5-2-6-16-47,48-17-7-3-8-18-48)88-42-58-61(84-38-14-4-9-23-59(76)87-41-57-55-21-12-10-19-53(55)54-20-11-13-22-56(54)57)62(90-67(78)86-40-37-46-26-32-51(33-27-46)75(81)82)65(89-58)73-44-71-60-63(69-43-70-64(60)73)72-66(77)85-39-36-45-24-30-50(31-25-45)74(79)80/h2-3,5-8,10-13,15-22,24-35,43-44,57-58,61-62,65H,4,9,14,23,36-42H2,1H3,(H,69,70,72,77)/t58-,61-,62-,65-/m1/s1. The van der Waals surface area contributed by atoms with Crippen molar-refractivity contribution in [3.8, 4) is 16.9 Å². The Labute approximate surface area is 516 Å².